The monoisotopic (exact) mass is 420 g/mol. The fourth-order valence-corrected chi connectivity index (χ4v) is 1.37. The molecular weight excluding hydrogens is 400 g/mol. The first-order valence-electron chi connectivity index (χ1n) is 7.64. The van der Waals surface area contributed by atoms with Crippen molar-refractivity contribution in [3.05, 3.63) is 146 Å². The summed E-state index contributed by atoms with van der Waals surface area (Å²) >= 11 is 0. The van der Waals surface area contributed by atoms with Crippen LogP contribution in [0.25, 0.3) is 0 Å². The number of hydrogen-bond acceptors (Lipinski definition) is 0. The molecule has 0 radical (unpaired) electrons. The molecule has 0 saturated heterocycles. The maximum atomic E-state index is 2.89. The van der Waals surface area contributed by atoms with E-state index in [4.69, 9.17) is 0 Å². The van der Waals surface area contributed by atoms with Crippen LogP contribution in [-0.2, 0) is 34.1 Å². The summed E-state index contributed by atoms with van der Waals surface area (Å²) in [5, 5.41) is 0. The molecule has 132 valence electrons. The minimum atomic E-state index is 0. The van der Waals surface area contributed by atoms with Crippen LogP contribution >= 0.6 is 0 Å². The van der Waals surface area contributed by atoms with E-state index in [0.717, 1.165) is 0 Å². The van der Waals surface area contributed by atoms with E-state index in [1.165, 1.54) is 0 Å². The van der Waals surface area contributed by atoms with E-state index in [2.05, 4.69) is 24.3 Å². The van der Waals surface area contributed by atoms with Crippen molar-refractivity contribution in [3.8, 4) is 0 Å². The maximum Gasteiger partial charge on any atom is 2.00 e. The summed E-state index contributed by atoms with van der Waals surface area (Å²) in [7, 11) is 0. The molecule has 2 heteroatoms. The van der Waals surface area contributed by atoms with Crippen molar-refractivity contribution in [1.29, 1.82) is 0 Å². The Morgan fingerprint density at radius 1 is 0.231 bits per heavy atom. The molecule has 4 aromatic carbocycles. The van der Waals surface area contributed by atoms with Gasteiger partial charge in [0.2, 0.25) is 0 Å². The summed E-state index contributed by atoms with van der Waals surface area (Å²) in [5.41, 5.74) is 0. The third-order valence-corrected chi connectivity index (χ3v) is 2.43. The zero-order valence-electron chi connectivity index (χ0n) is 14.3. The van der Waals surface area contributed by atoms with Gasteiger partial charge < -0.3 is 0 Å². The fourth-order valence-electron chi connectivity index (χ4n) is 1.37. The van der Waals surface area contributed by atoms with Crippen LogP contribution in [0.3, 0.4) is 0 Å². The smallest absolute Gasteiger partial charge is 0.184 e. The summed E-state index contributed by atoms with van der Waals surface area (Å²) in [6.45, 7) is 0. The Labute approximate surface area is 179 Å². The quantitative estimate of drug-likeness (QED) is 0.244. The predicted molar refractivity (Wildman–Crippen MR) is 101 cm³/mol. The third-order valence-electron chi connectivity index (χ3n) is 2.43. The Bertz CT molecular complexity index is 424. The number of rotatable bonds is 0. The van der Waals surface area contributed by atoms with E-state index < -0.39 is 0 Å². The van der Waals surface area contributed by atoms with Crippen molar-refractivity contribution in [2.75, 3.05) is 0 Å². The molecule has 0 heterocycles. The van der Waals surface area contributed by atoms with E-state index in [0.29, 0.717) is 0 Å². The number of hydrogen-bond donors (Lipinski definition) is 0. The Hall–Kier alpha value is -2.08. The van der Waals surface area contributed by atoms with Gasteiger partial charge in [0.15, 0.2) is 0 Å². The zero-order chi connectivity index (χ0) is 17.0. The fraction of sp³-hybridized carbons (Fsp3) is 0. The van der Waals surface area contributed by atoms with Gasteiger partial charge in [-0.2, -0.15) is 146 Å². The van der Waals surface area contributed by atoms with E-state index in [1.54, 1.807) is 0 Å². The molecule has 0 nitrogen and oxygen atoms in total. The van der Waals surface area contributed by atoms with Crippen LogP contribution in [0.5, 0.6) is 0 Å². The van der Waals surface area contributed by atoms with Crippen molar-refractivity contribution < 1.29 is 34.1 Å². The summed E-state index contributed by atoms with van der Waals surface area (Å²) in [6, 6.07) is 50.0. The maximum absolute atomic E-state index is 2.89. The average Bonchev–Trinajstić information content (AvgIpc) is 2.75. The molecule has 0 atom stereocenters. The second-order valence-corrected chi connectivity index (χ2v) is 4.31. The molecule has 0 unspecified atom stereocenters. The Morgan fingerprint density at radius 2 is 0.385 bits per heavy atom. The van der Waals surface area contributed by atoms with Crippen LogP contribution in [0.2, 0.25) is 0 Å². The molecule has 0 aliphatic heterocycles. The van der Waals surface area contributed by atoms with Crippen LogP contribution in [0, 0.1) is 24.3 Å². The van der Waals surface area contributed by atoms with E-state index in [-0.39, 0.29) is 34.1 Å². The summed E-state index contributed by atoms with van der Waals surface area (Å²) in [5.74, 6) is 0. The third kappa shape index (κ3) is 20.0. The van der Waals surface area contributed by atoms with Gasteiger partial charge in [-0.3, -0.25) is 0 Å². The minimum absolute atomic E-state index is 0. The number of benzene rings is 4. The molecule has 0 aromatic heterocycles. The Kier molecular flexibility index (Phi) is 23.1. The average molecular weight is 420 g/mol. The van der Waals surface area contributed by atoms with Crippen LogP contribution < -0.4 is 0 Å². The standard InChI is InChI=1S/4C6H5.2Fe/c4*1-2-4-6-5-3-1;;/h4*1-5H;;/q4*-1;2*+2. The normalized spacial score (nSPS) is 7.38. The predicted octanol–water partition coefficient (Wildman–Crippen LogP) is 5.94. The van der Waals surface area contributed by atoms with E-state index in [1.807, 2.05) is 121 Å². The van der Waals surface area contributed by atoms with Gasteiger partial charge in [-0.15, -0.1) is 0 Å². The van der Waals surface area contributed by atoms with Crippen LogP contribution in [0.15, 0.2) is 121 Å². The first kappa shape index (κ1) is 26.2. The second-order valence-electron chi connectivity index (χ2n) is 4.31. The van der Waals surface area contributed by atoms with Gasteiger partial charge in [0.25, 0.3) is 0 Å². The van der Waals surface area contributed by atoms with Gasteiger partial charge in [0.1, 0.15) is 0 Å². The SMILES string of the molecule is [Fe+2].[Fe+2].[c-]1ccccc1.[c-]1ccccc1.[c-]1ccccc1.[c-]1ccccc1. The molecular formula is C24H20Fe2. The summed E-state index contributed by atoms with van der Waals surface area (Å²) < 4.78 is 0. The first-order chi connectivity index (χ1) is 12.0. The largest absolute Gasteiger partial charge is 2.00 e. The van der Waals surface area contributed by atoms with Crippen molar-refractivity contribution in [2.45, 2.75) is 0 Å². The van der Waals surface area contributed by atoms with Crippen molar-refractivity contribution >= 4 is 0 Å². The molecule has 0 aliphatic carbocycles. The molecule has 26 heavy (non-hydrogen) atoms. The van der Waals surface area contributed by atoms with Gasteiger partial charge in [-0.25, -0.2) is 0 Å². The summed E-state index contributed by atoms with van der Waals surface area (Å²) in [6.07, 6.45) is 0. The molecule has 0 spiro atoms. The Balaban J connectivity index is 0. The van der Waals surface area contributed by atoms with Crippen molar-refractivity contribution in [2.24, 2.45) is 0 Å². The summed E-state index contributed by atoms with van der Waals surface area (Å²) in [4.78, 5) is 0. The van der Waals surface area contributed by atoms with Crippen molar-refractivity contribution in [3.63, 3.8) is 0 Å². The molecule has 0 aliphatic rings. The van der Waals surface area contributed by atoms with Crippen molar-refractivity contribution in [1.82, 2.24) is 0 Å². The van der Waals surface area contributed by atoms with Gasteiger partial charge in [0.05, 0.1) is 0 Å². The molecule has 4 aromatic rings. The molecule has 0 N–H and O–H groups in total. The first-order valence-corrected chi connectivity index (χ1v) is 7.64. The zero-order valence-corrected chi connectivity index (χ0v) is 16.5. The second kappa shape index (κ2) is 22.9. The molecule has 0 bridgehead atoms. The Morgan fingerprint density at radius 3 is 0.423 bits per heavy atom. The van der Waals surface area contributed by atoms with Gasteiger partial charge in [-0.1, -0.05) is 0 Å². The topological polar surface area (TPSA) is 0 Å². The van der Waals surface area contributed by atoms with Gasteiger partial charge in [-0.05, 0) is 0 Å². The molecule has 0 amide bonds. The van der Waals surface area contributed by atoms with Gasteiger partial charge >= 0.3 is 34.1 Å². The van der Waals surface area contributed by atoms with Gasteiger partial charge in [0, 0.05) is 0 Å². The van der Waals surface area contributed by atoms with Crippen LogP contribution in [0.4, 0.5) is 0 Å². The van der Waals surface area contributed by atoms with Crippen LogP contribution in [0.1, 0.15) is 0 Å². The molecule has 4 rings (SSSR count). The van der Waals surface area contributed by atoms with E-state index >= 15 is 0 Å². The molecule has 0 fully saturated rings. The molecule has 0 saturated carbocycles. The minimum Gasteiger partial charge on any atom is -0.184 e. The van der Waals surface area contributed by atoms with Crippen LogP contribution in [-0.4, -0.2) is 0 Å². The van der Waals surface area contributed by atoms with E-state index in [9.17, 15) is 0 Å².